The van der Waals surface area contributed by atoms with Gasteiger partial charge in [-0.05, 0) is 6.07 Å². The highest BCUT2D eigenvalue weighted by Crippen LogP contribution is 2.31. The molecule has 0 spiro atoms. The van der Waals surface area contributed by atoms with Gasteiger partial charge in [-0.1, -0.05) is 0 Å². The summed E-state index contributed by atoms with van der Waals surface area (Å²) in [5.41, 5.74) is 4.99. The highest BCUT2D eigenvalue weighted by molar-refractivity contribution is 5.88. The van der Waals surface area contributed by atoms with Gasteiger partial charge in [0.2, 0.25) is 0 Å². The fourth-order valence-electron chi connectivity index (χ4n) is 1.79. The van der Waals surface area contributed by atoms with Crippen molar-refractivity contribution in [2.75, 3.05) is 6.54 Å². The molecular weight excluding hydrogens is 232 g/mol. The average Bonchev–Trinajstić information content (AvgIpc) is 2.72. The number of aliphatic carboxylic acids is 1. The molecule has 0 fully saturated rings. The van der Waals surface area contributed by atoms with Crippen molar-refractivity contribution in [3.05, 3.63) is 35.6 Å². The third kappa shape index (κ3) is 1.76. The van der Waals surface area contributed by atoms with Crippen LogP contribution >= 0.6 is 0 Å². The molecule has 2 rings (SSSR count). The van der Waals surface area contributed by atoms with Gasteiger partial charge >= 0.3 is 5.97 Å². The second kappa shape index (κ2) is 4.14. The van der Waals surface area contributed by atoms with Crippen LogP contribution in [0.4, 0.5) is 8.78 Å². The molecule has 2 aromatic rings. The van der Waals surface area contributed by atoms with Crippen molar-refractivity contribution in [2.24, 2.45) is 5.73 Å². The van der Waals surface area contributed by atoms with Gasteiger partial charge in [0.15, 0.2) is 11.4 Å². The van der Waals surface area contributed by atoms with Gasteiger partial charge in [0.25, 0.3) is 0 Å². The molecule has 6 heteroatoms. The van der Waals surface area contributed by atoms with Crippen molar-refractivity contribution < 1.29 is 23.1 Å². The molecule has 0 saturated carbocycles. The third-order valence-electron chi connectivity index (χ3n) is 2.57. The van der Waals surface area contributed by atoms with E-state index >= 15 is 0 Å². The maximum absolute atomic E-state index is 13.7. The van der Waals surface area contributed by atoms with Gasteiger partial charge in [-0.2, -0.15) is 0 Å². The summed E-state index contributed by atoms with van der Waals surface area (Å²) in [7, 11) is 0. The summed E-state index contributed by atoms with van der Waals surface area (Å²) in [6, 6.07) is 1.93. The number of halogens is 2. The number of nitrogens with two attached hydrogens (primary N) is 1. The van der Waals surface area contributed by atoms with Crippen molar-refractivity contribution in [3.63, 3.8) is 0 Å². The lowest BCUT2D eigenvalue weighted by Gasteiger charge is -2.12. The Labute approximate surface area is 94.6 Å². The SMILES string of the molecule is NCC(C(=O)O)c1c(F)cc(F)c2occc12. The van der Waals surface area contributed by atoms with Crippen molar-refractivity contribution >= 4 is 16.9 Å². The predicted molar refractivity (Wildman–Crippen MR) is 55.6 cm³/mol. The molecule has 0 amide bonds. The molecule has 0 radical (unpaired) electrons. The lowest BCUT2D eigenvalue weighted by molar-refractivity contribution is -0.138. The number of carbonyl (C=O) groups is 1. The van der Waals surface area contributed by atoms with Crippen molar-refractivity contribution in [1.29, 1.82) is 0 Å². The fraction of sp³-hybridized carbons (Fsp3) is 0.182. The first kappa shape index (κ1) is 11.5. The van der Waals surface area contributed by atoms with Crippen molar-refractivity contribution in [2.45, 2.75) is 5.92 Å². The van der Waals surface area contributed by atoms with E-state index in [1.807, 2.05) is 0 Å². The summed E-state index contributed by atoms with van der Waals surface area (Å²) >= 11 is 0. The zero-order valence-corrected chi connectivity index (χ0v) is 8.61. The maximum Gasteiger partial charge on any atom is 0.312 e. The first-order valence-corrected chi connectivity index (χ1v) is 4.84. The van der Waals surface area contributed by atoms with Crippen LogP contribution in [0.3, 0.4) is 0 Å². The van der Waals surface area contributed by atoms with Crippen LogP contribution in [0, 0.1) is 11.6 Å². The molecular formula is C11H9F2NO3. The molecule has 1 heterocycles. The zero-order valence-electron chi connectivity index (χ0n) is 8.61. The predicted octanol–water partition coefficient (Wildman–Crippen LogP) is 1.84. The van der Waals surface area contributed by atoms with Crippen molar-refractivity contribution in [3.8, 4) is 0 Å². The maximum atomic E-state index is 13.7. The Bertz CT molecular complexity index is 579. The number of furan rings is 1. The van der Waals surface area contributed by atoms with E-state index in [0.717, 1.165) is 0 Å². The van der Waals surface area contributed by atoms with Crippen LogP contribution in [-0.4, -0.2) is 17.6 Å². The van der Waals surface area contributed by atoms with Crippen molar-refractivity contribution in [1.82, 2.24) is 0 Å². The monoisotopic (exact) mass is 241 g/mol. The Hall–Kier alpha value is -1.95. The molecule has 1 aromatic carbocycles. The highest BCUT2D eigenvalue weighted by atomic mass is 19.1. The van der Waals surface area contributed by atoms with Gasteiger partial charge in [-0.15, -0.1) is 0 Å². The molecule has 17 heavy (non-hydrogen) atoms. The van der Waals surface area contributed by atoms with E-state index in [0.29, 0.717) is 6.07 Å². The molecule has 3 N–H and O–H groups in total. The minimum Gasteiger partial charge on any atom is -0.481 e. The molecule has 4 nitrogen and oxygen atoms in total. The standard InChI is InChI=1S/C11H9F2NO3/c12-7-3-8(13)10-5(1-2-17-10)9(7)6(4-14)11(15)16/h1-3,6H,4,14H2,(H,15,16). The fourth-order valence-corrected chi connectivity index (χ4v) is 1.79. The van der Waals surface area contributed by atoms with E-state index in [9.17, 15) is 13.6 Å². The Morgan fingerprint density at radius 1 is 1.47 bits per heavy atom. The van der Waals surface area contributed by atoms with Gasteiger partial charge in [-0.3, -0.25) is 4.79 Å². The van der Waals surface area contributed by atoms with Crippen LogP contribution in [0.15, 0.2) is 22.8 Å². The van der Waals surface area contributed by atoms with E-state index in [1.165, 1.54) is 12.3 Å². The lowest BCUT2D eigenvalue weighted by Crippen LogP contribution is -2.22. The first-order valence-electron chi connectivity index (χ1n) is 4.84. The summed E-state index contributed by atoms with van der Waals surface area (Å²) in [5, 5.41) is 9.04. The van der Waals surface area contributed by atoms with E-state index in [4.69, 9.17) is 15.3 Å². The van der Waals surface area contributed by atoms with Gasteiger partial charge in [0.1, 0.15) is 5.82 Å². The van der Waals surface area contributed by atoms with E-state index in [-0.39, 0.29) is 23.1 Å². The van der Waals surface area contributed by atoms with E-state index in [2.05, 4.69) is 0 Å². The summed E-state index contributed by atoms with van der Waals surface area (Å²) in [4.78, 5) is 11.0. The summed E-state index contributed by atoms with van der Waals surface area (Å²) in [6.45, 7) is -0.280. The topological polar surface area (TPSA) is 76.5 Å². The van der Waals surface area contributed by atoms with Gasteiger partial charge in [0.05, 0.1) is 12.2 Å². The smallest absolute Gasteiger partial charge is 0.312 e. The molecule has 0 aliphatic heterocycles. The Kier molecular flexibility index (Phi) is 2.81. The van der Waals surface area contributed by atoms with Crippen LogP contribution in [0.5, 0.6) is 0 Å². The largest absolute Gasteiger partial charge is 0.481 e. The molecule has 0 aliphatic carbocycles. The molecule has 0 aliphatic rings. The minimum absolute atomic E-state index is 0.0975. The quantitative estimate of drug-likeness (QED) is 0.859. The van der Waals surface area contributed by atoms with Gasteiger partial charge in [-0.25, -0.2) is 8.78 Å². The number of rotatable bonds is 3. The number of carboxylic acid groups (broad SMARTS) is 1. The van der Waals surface area contributed by atoms with Crippen LogP contribution < -0.4 is 5.73 Å². The Balaban J connectivity index is 2.75. The Morgan fingerprint density at radius 3 is 2.76 bits per heavy atom. The number of hydrogen-bond donors (Lipinski definition) is 2. The second-order valence-electron chi connectivity index (χ2n) is 3.54. The van der Waals surface area contributed by atoms with Crippen LogP contribution in [0.2, 0.25) is 0 Å². The number of benzene rings is 1. The first-order chi connectivity index (χ1) is 8.06. The molecule has 0 saturated heterocycles. The molecule has 0 bridgehead atoms. The summed E-state index contributed by atoms with van der Waals surface area (Å²) in [6.07, 6.45) is 1.17. The molecule has 1 unspecified atom stereocenters. The zero-order chi connectivity index (χ0) is 12.6. The highest BCUT2D eigenvalue weighted by Gasteiger charge is 2.26. The van der Waals surface area contributed by atoms with E-state index in [1.54, 1.807) is 0 Å². The van der Waals surface area contributed by atoms with Crippen LogP contribution in [0.1, 0.15) is 11.5 Å². The molecule has 1 aromatic heterocycles. The molecule has 1 atom stereocenters. The van der Waals surface area contributed by atoms with Crippen LogP contribution in [-0.2, 0) is 4.79 Å². The lowest BCUT2D eigenvalue weighted by atomic mass is 9.95. The number of carboxylic acids is 1. The third-order valence-corrected chi connectivity index (χ3v) is 2.57. The average molecular weight is 241 g/mol. The summed E-state index contributed by atoms with van der Waals surface area (Å²) < 4.78 is 31.8. The molecule has 90 valence electrons. The van der Waals surface area contributed by atoms with Crippen LogP contribution in [0.25, 0.3) is 11.0 Å². The Morgan fingerprint density at radius 2 is 2.18 bits per heavy atom. The normalized spacial score (nSPS) is 12.9. The number of fused-ring (bicyclic) bond motifs is 1. The second-order valence-corrected chi connectivity index (χ2v) is 3.54. The summed E-state index contributed by atoms with van der Waals surface area (Å²) in [5.74, 6) is -4.29. The van der Waals surface area contributed by atoms with Gasteiger partial charge in [0, 0.05) is 23.6 Å². The van der Waals surface area contributed by atoms with Gasteiger partial charge < -0.3 is 15.3 Å². The number of hydrogen-bond acceptors (Lipinski definition) is 3. The minimum atomic E-state index is -1.26. The van der Waals surface area contributed by atoms with E-state index < -0.39 is 23.5 Å².